The average Bonchev–Trinajstić information content (AvgIpc) is 2.80. The molecule has 208 valence electrons. The highest BCUT2D eigenvalue weighted by atomic mass is 19.4. The highest BCUT2D eigenvalue weighted by Gasteiger charge is 2.68. The highest BCUT2D eigenvalue weighted by Crippen LogP contribution is 2.48. The van der Waals surface area contributed by atoms with E-state index in [9.17, 15) is 39.5 Å². The second kappa shape index (κ2) is 9.97. The van der Waals surface area contributed by atoms with Crippen molar-refractivity contribution in [1.82, 2.24) is 0 Å². The molecule has 0 amide bonds. The molecule has 3 fully saturated rings. The molecule has 2 aromatic carbocycles. The molecule has 3 aliphatic rings. The lowest BCUT2D eigenvalue weighted by Crippen LogP contribution is -2.68. The summed E-state index contributed by atoms with van der Waals surface area (Å²) in [5, 5.41) is 0. The van der Waals surface area contributed by atoms with Crippen molar-refractivity contribution in [3.8, 4) is 22.6 Å². The second-order valence-corrected chi connectivity index (χ2v) is 8.78. The molecule has 0 N–H and O–H groups in total. The Morgan fingerprint density at radius 1 is 0.842 bits per heavy atom. The van der Waals surface area contributed by atoms with E-state index < -0.39 is 75.6 Å². The molecule has 0 radical (unpaired) electrons. The summed E-state index contributed by atoms with van der Waals surface area (Å²) in [4.78, 5) is 0. The molecule has 0 unspecified atom stereocenters. The minimum Gasteiger partial charge on any atom is -0.459 e. The van der Waals surface area contributed by atoms with Crippen LogP contribution in [0.25, 0.3) is 11.1 Å². The number of allylic oxidation sites excluding steroid dienone is 1. The fourth-order valence-corrected chi connectivity index (χ4v) is 4.08. The van der Waals surface area contributed by atoms with Gasteiger partial charge in [0.1, 0.15) is 17.4 Å². The second-order valence-electron chi connectivity index (χ2n) is 8.78. The fraction of sp³-hybridized carbons (Fsp3) is 0.417. The molecule has 3 heterocycles. The van der Waals surface area contributed by atoms with Crippen LogP contribution in [0.4, 0.5) is 39.5 Å². The summed E-state index contributed by atoms with van der Waals surface area (Å²) >= 11 is 0. The molecule has 2 aromatic rings. The molecule has 2 bridgehead atoms. The van der Waals surface area contributed by atoms with E-state index in [1.165, 1.54) is 0 Å². The number of hydrogen-bond donors (Lipinski definition) is 0. The molecular formula is C24H19F9O5. The lowest BCUT2D eigenvalue weighted by Gasteiger charge is -2.52. The Bertz CT molecular complexity index is 1160. The van der Waals surface area contributed by atoms with Crippen molar-refractivity contribution in [3.63, 3.8) is 0 Å². The first-order valence-corrected chi connectivity index (χ1v) is 11.1. The topological polar surface area (TPSA) is 46.2 Å². The average molecular weight is 558 g/mol. The zero-order valence-electron chi connectivity index (χ0n) is 19.4. The van der Waals surface area contributed by atoms with Gasteiger partial charge in [0, 0.05) is 17.5 Å². The first-order chi connectivity index (χ1) is 17.7. The van der Waals surface area contributed by atoms with Crippen molar-refractivity contribution in [2.24, 2.45) is 5.41 Å². The van der Waals surface area contributed by atoms with Crippen LogP contribution in [0.5, 0.6) is 11.5 Å². The third kappa shape index (κ3) is 5.43. The normalized spacial score (nSPS) is 23.7. The summed E-state index contributed by atoms with van der Waals surface area (Å²) in [6.45, 7) is 1.52. The first kappa shape index (κ1) is 28.0. The third-order valence-corrected chi connectivity index (χ3v) is 5.83. The van der Waals surface area contributed by atoms with E-state index in [4.69, 9.17) is 14.2 Å². The van der Waals surface area contributed by atoms with E-state index in [-0.39, 0.29) is 26.1 Å². The Hall–Kier alpha value is -2.97. The number of alkyl halides is 5. The number of ether oxygens (including phenoxy) is 5. The van der Waals surface area contributed by atoms with Gasteiger partial charge in [-0.1, -0.05) is 13.3 Å². The van der Waals surface area contributed by atoms with E-state index in [2.05, 4.69) is 9.47 Å². The molecule has 0 aliphatic carbocycles. The van der Waals surface area contributed by atoms with Gasteiger partial charge in [-0.2, -0.15) is 22.0 Å². The molecule has 0 saturated carbocycles. The van der Waals surface area contributed by atoms with E-state index in [1.54, 1.807) is 0 Å². The maximum Gasteiger partial charge on any atom is 0.484 e. The Balaban J connectivity index is 1.55. The number of rotatable bonds is 8. The molecule has 5 nitrogen and oxygen atoms in total. The van der Waals surface area contributed by atoms with Crippen LogP contribution in [0.3, 0.4) is 0 Å². The minimum atomic E-state index is -4.82. The molecule has 0 atom stereocenters. The molecule has 5 rings (SSSR count). The van der Waals surface area contributed by atoms with Gasteiger partial charge in [0.2, 0.25) is 0 Å². The standard InChI is InChI=1S/C24H19F9O5/c1-2-3-21-10-35-24(36-11-21,37-12-21)23(32,33)38-14-8-15(25)19(16(26)9-14)13-6-17(27)20(18(28)7-13)34-5-4-22(29,30)31/h4-9H,2-3,10-12H2,1H3/b5-4+. The van der Waals surface area contributed by atoms with Gasteiger partial charge >= 0.3 is 18.3 Å². The van der Waals surface area contributed by atoms with Gasteiger partial charge in [0.15, 0.2) is 17.4 Å². The summed E-state index contributed by atoms with van der Waals surface area (Å²) in [6, 6.07) is 1.44. The predicted octanol–water partition coefficient (Wildman–Crippen LogP) is 6.85. The summed E-state index contributed by atoms with van der Waals surface area (Å²) < 4.78 is 149. The molecule has 3 saturated heterocycles. The summed E-state index contributed by atoms with van der Waals surface area (Å²) in [5.74, 6) is -11.5. The predicted molar refractivity (Wildman–Crippen MR) is 111 cm³/mol. The van der Waals surface area contributed by atoms with Crippen LogP contribution >= 0.6 is 0 Å². The monoisotopic (exact) mass is 558 g/mol. The molecule has 3 aliphatic heterocycles. The van der Waals surface area contributed by atoms with E-state index >= 15 is 0 Å². The quantitative estimate of drug-likeness (QED) is 0.262. The molecule has 14 heteroatoms. The first-order valence-electron chi connectivity index (χ1n) is 11.1. The number of benzene rings is 2. The molecule has 0 spiro atoms. The van der Waals surface area contributed by atoms with Crippen LogP contribution < -0.4 is 9.47 Å². The van der Waals surface area contributed by atoms with Gasteiger partial charge in [-0.25, -0.2) is 17.6 Å². The van der Waals surface area contributed by atoms with Crippen molar-refractivity contribution in [1.29, 1.82) is 0 Å². The van der Waals surface area contributed by atoms with Crippen LogP contribution in [0.1, 0.15) is 19.8 Å². The Kier molecular flexibility index (Phi) is 7.36. The Labute approximate surface area is 209 Å². The zero-order valence-corrected chi connectivity index (χ0v) is 19.4. The Morgan fingerprint density at radius 2 is 1.37 bits per heavy atom. The summed E-state index contributed by atoms with van der Waals surface area (Å²) in [5.41, 5.74) is -2.37. The van der Waals surface area contributed by atoms with Gasteiger partial charge in [0.05, 0.1) is 37.7 Å². The van der Waals surface area contributed by atoms with Gasteiger partial charge in [-0.3, -0.25) is 0 Å². The smallest absolute Gasteiger partial charge is 0.459 e. The highest BCUT2D eigenvalue weighted by molar-refractivity contribution is 5.67. The molecular weight excluding hydrogens is 539 g/mol. The summed E-state index contributed by atoms with van der Waals surface area (Å²) in [6.07, 6.45) is -8.33. The van der Waals surface area contributed by atoms with E-state index in [0.717, 1.165) is 6.42 Å². The van der Waals surface area contributed by atoms with Gasteiger partial charge in [0.25, 0.3) is 0 Å². The lowest BCUT2D eigenvalue weighted by atomic mass is 9.84. The van der Waals surface area contributed by atoms with Crippen LogP contribution in [0, 0.1) is 28.7 Å². The van der Waals surface area contributed by atoms with Crippen molar-refractivity contribution < 1.29 is 63.2 Å². The SMILES string of the molecule is CCCC12COC(C(F)(F)Oc3cc(F)c(-c4cc(F)c(O/C=C/C(F)(F)F)c(F)c4)c(F)c3)(OC1)OC2. The maximum absolute atomic E-state index is 15.0. The van der Waals surface area contributed by atoms with Gasteiger partial charge < -0.3 is 23.7 Å². The number of fused-ring (bicyclic) bond motifs is 3. The van der Waals surface area contributed by atoms with Gasteiger partial charge in [-0.15, -0.1) is 0 Å². The largest absolute Gasteiger partial charge is 0.484 e. The van der Waals surface area contributed by atoms with E-state index in [0.29, 0.717) is 30.7 Å². The minimum absolute atomic E-state index is 0.0201. The maximum atomic E-state index is 15.0. The molecule has 0 aromatic heterocycles. The lowest BCUT2D eigenvalue weighted by molar-refractivity contribution is -0.548. The van der Waals surface area contributed by atoms with Crippen LogP contribution in [0.2, 0.25) is 0 Å². The number of hydrogen-bond acceptors (Lipinski definition) is 5. The third-order valence-electron chi connectivity index (χ3n) is 5.83. The number of halogens is 9. The summed E-state index contributed by atoms with van der Waals surface area (Å²) in [7, 11) is 0. The van der Waals surface area contributed by atoms with Crippen LogP contribution in [-0.2, 0) is 14.2 Å². The Morgan fingerprint density at radius 3 is 1.84 bits per heavy atom. The van der Waals surface area contributed by atoms with E-state index in [1.807, 2.05) is 6.92 Å². The zero-order chi connectivity index (χ0) is 27.9. The van der Waals surface area contributed by atoms with Crippen molar-refractivity contribution in [2.75, 3.05) is 19.8 Å². The van der Waals surface area contributed by atoms with Gasteiger partial charge in [-0.05, 0) is 24.1 Å². The van der Waals surface area contributed by atoms with Crippen molar-refractivity contribution in [2.45, 2.75) is 38.0 Å². The van der Waals surface area contributed by atoms with Crippen LogP contribution in [-0.4, -0.2) is 38.1 Å². The fourth-order valence-electron chi connectivity index (χ4n) is 4.08. The van der Waals surface area contributed by atoms with Crippen molar-refractivity contribution in [3.05, 3.63) is 59.9 Å². The molecule has 38 heavy (non-hydrogen) atoms. The van der Waals surface area contributed by atoms with Crippen LogP contribution in [0.15, 0.2) is 36.6 Å². The van der Waals surface area contributed by atoms with Crippen molar-refractivity contribution >= 4 is 0 Å².